The molecule has 2 heteroatoms. The number of hydrogen-bond donors (Lipinski definition) is 1. The van der Waals surface area contributed by atoms with Crippen molar-refractivity contribution in [3.05, 3.63) is 29.8 Å². The normalized spacial score (nSPS) is 19.8. The van der Waals surface area contributed by atoms with Gasteiger partial charge in [-0.05, 0) is 36.8 Å². The Morgan fingerprint density at radius 3 is 2.21 bits per heavy atom. The standard InChI is InChI=1S/C12H16OS/c1-14-12(8-2-3-9-12)10-4-6-11(13)7-5-10/h4-7,13H,2-3,8-9H2,1H3. The number of hydrogen-bond acceptors (Lipinski definition) is 2. The molecular formula is C12H16OS. The predicted molar refractivity (Wildman–Crippen MR) is 61.8 cm³/mol. The zero-order chi connectivity index (χ0) is 10.0. The van der Waals surface area contributed by atoms with Crippen LogP contribution in [-0.4, -0.2) is 11.4 Å². The summed E-state index contributed by atoms with van der Waals surface area (Å²) in [6.45, 7) is 0. The lowest BCUT2D eigenvalue weighted by atomic mass is 9.96. The van der Waals surface area contributed by atoms with E-state index in [1.807, 2.05) is 11.8 Å². The molecule has 0 amide bonds. The summed E-state index contributed by atoms with van der Waals surface area (Å²) in [5, 5.41) is 9.25. The van der Waals surface area contributed by atoms with Gasteiger partial charge in [-0.3, -0.25) is 0 Å². The van der Waals surface area contributed by atoms with Gasteiger partial charge in [0.15, 0.2) is 0 Å². The summed E-state index contributed by atoms with van der Waals surface area (Å²) in [5.41, 5.74) is 1.38. The van der Waals surface area contributed by atoms with Crippen molar-refractivity contribution in [1.82, 2.24) is 0 Å². The van der Waals surface area contributed by atoms with Crippen LogP contribution in [0.1, 0.15) is 31.2 Å². The van der Waals surface area contributed by atoms with Crippen LogP contribution >= 0.6 is 11.8 Å². The van der Waals surface area contributed by atoms with E-state index in [4.69, 9.17) is 0 Å². The second-order valence-electron chi connectivity index (χ2n) is 3.95. The molecule has 0 aliphatic heterocycles. The van der Waals surface area contributed by atoms with Gasteiger partial charge in [-0.1, -0.05) is 25.0 Å². The highest BCUT2D eigenvalue weighted by molar-refractivity contribution is 7.99. The number of phenols is 1. The molecule has 14 heavy (non-hydrogen) atoms. The molecule has 1 aromatic rings. The zero-order valence-corrected chi connectivity index (χ0v) is 9.31. The van der Waals surface area contributed by atoms with E-state index < -0.39 is 0 Å². The van der Waals surface area contributed by atoms with Crippen LogP contribution in [-0.2, 0) is 4.75 Å². The molecule has 76 valence electrons. The maximum absolute atomic E-state index is 9.25. The maximum atomic E-state index is 9.25. The van der Waals surface area contributed by atoms with E-state index in [-0.39, 0.29) is 0 Å². The summed E-state index contributed by atoms with van der Waals surface area (Å²) < 4.78 is 0.327. The van der Waals surface area contributed by atoms with E-state index >= 15 is 0 Å². The topological polar surface area (TPSA) is 20.2 Å². The Labute approximate surface area is 89.5 Å². The van der Waals surface area contributed by atoms with Gasteiger partial charge < -0.3 is 5.11 Å². The van der Waals surface area contributed by atoms with Crippen molar-refractivity contribution in [2.24, 2.45) is 0 Å². The molecule has 0 atom stereocenters. The van der Waals surface area contributed by atoms with Crippen LogP contribution < -0.4 is 0 Å². The van der Waals surface area contributed by atoms with E-state index in [0.29, 0.717) is 10.5 Å². The van der Waals surface area contributed by atoms with Crippen molar-refractivity contribution in [2.75, 3.05) is 6.26 Å². The summed E-state index contributed by atoms with van der Waals surface area (Å²) in [6.07, 6.45) is 7.42. The fraction of sp³-hybridized carbons (Fsp3) is 0.500. The number of rotatable bonds is 2. The van der Waals surface area contributed by atoms with Gasteiger partial charge in [-0.15, -0.1) is 0 Å². The second kappa shape index (κ2) is 3.85. The summed E-state index contributed by atoms with van der Waals surface area (Å²) in [6, 6.07) is 7.73. The molecule has 1 nitrogen and oxygen atoms in total. The van der Waals surface area contributed by atoms with Gasteiger partial charge in [-0.2, -0.15) is 11.8 Å². The molecular weight excluding hydrogens is 192 g/mol. The largest absolute Gasteiger partial charge is 0.508 e. The lowest BCUT2D eigenvalue weighted by molar-refractivity contribution is 0.474. The van der Waals surface area contributed by atoms with Crippen LogP contribution in [0.25, 0.3) is 0 Å². The lowest BCUT2D eigenvalue weighted by Crippen LogP contribution is -2.16. The van der Waals surface area contributed by atoms with Gasteiger partial charge in [0.1, 0.15) is 5.75 Å². The van der Waals surface area contributed by atoms with Crippen LogP contribution in [0.15, 0.2) is 24.3 Å². The van der Waals surface area contributed by atoms with E-state index in [1.54, 1.807) is 12.1 Å². The number of aromatic hydroxyl groups is 1. The minimum atomic E-state index is 0.327. The first-order chi connectivity index (χ1) is 6.77. The third-order valence-electron chi connectivity index (χ3n) is 3.20. The highest BCUT2D eigenvalue weighted by Gasteiger charge is 2.34. The van der Waals surface area contributed by atoms with Crippen molar-refractivity contribution >= 4 is 11.8 Å². The van der Waals surface area contributed by atoms with E-state index in [1.165, 1.54) is 31.2 Å². The molecule has 1 N–H and O–H groups in total. The van der Waals surface area contributed by atoms with E-state index in [0.717, 1.165) is 0 Å². The van der Waals surface area contributed by atoms with Gasteiger partial charge in [0.05, 0.1) is 0 Å². The zero-order valence-electron chi connectivity index (χ0n) is 8.49. The molecule has 1 aliphatic rings. The predicted octanol–water partition coefficient (Wildman–Crippen LogP) is 3.52. The number of benzene rings is 1. The number of phenolic OH excluding ortho intramolecular Hbond substituents is 1. The molecule has 2 rings (SSSR count). The molecule has 0 bridgehead atoms. The van der Waals surface area contributed by atoms with Crippen molar-refractivity contribution in [3.63, 3.8) is 0 Å². The summed E-state index contributed by atoms with van der Waals surface area (Å²) in [7, 11) is 0. The Kier molecular flexibility index (Phi) is 2.73. The quantitative estimate of drug-likeness (QED) is 0.802. The Hall–Kier alpha value is -0.630. The third-order valence-corrected chi connectivity index (χ3v) is 4.62. The summed E-state index contributed by atoms with van der Waals surface area (Å²) >= 11 is 1.96. The van der Waals surface area contributed by atoms with Crippen LogP contribution in [0.5, 0.6) is 5.75 Å². The molecule has 1 aromatic carbocycles. The van der Waals surface area contributed by atoms with Crippen molar-refractivity contribution in [3.8, 4) is 5.75 Å². The third kappa shape index (κ3) is 1.63. The highest BCUT2D eigenvalue weighted by Crippen LogP contribution is 2.48. The molecule has 1 aliphatic carbocycles. The van der Waals surface area contributed by atoms with Gasteiger partial charge in [-0.25, -0.2) is 0 Å². The molecule has 0 unspecified atom stereocenters. The maximum Gasteiger partial charge on any atom is 0.115 e. The minimum Gasteiger partial charge on any atom is -0.508 e. The van der Waals surface area contributed by atoms with Crippen LogP contribution in [0.2, 0.25) is 0 Å². The fourth-order valence-electron chi connectivity index (χ4n) is 2.32. The van der Waals surface area contributed by atoms with Crippen LogP contribution in [0, 0.1) is 0 Å². The van der Waals surface area contributed by atoms with Crippen molar-refractivity contribution < 1.29 is 5.11 Å². The Bertz CT molecular complexity index is 299. The first-order valence-electron chi connectivity index (χ1n) is 5.11. The second-order valence-corrected chi connectivity index (χ2v) is 5.14. The Morgan fingerprint density at radius 2 is 1.71 bits per heavy atom. The van der Waals surface area contributed by atoms with Crippen LogP contribution in [0.4, 0.5) is 0 Å². The summed E-state index contributed by atoms with van der Waals surface area (Å²) in [5.74, 6) is 0.364. The average Bonchev–Trinajstić information content (AvgIpc) is 2.68. The molecule has 0 heterocycles. The Morgan fingerprint density at radius 1 is 1.14 bits per heavy atom. The van der Waals surface area contributed by atoms with E-state index in [2.05, 4.69) is 18.4 Å². The first-order valence-corrected chi connectivity index (χ1v) is 6.34. The molecule has 1 fully saturated rings. The van der Waals surface area contributed by atoms with Gasteiger partial charge in [0.2, 0.25) is 0 Å². The van der Waals surface area contributed by atoms with Gasteiger partial charge in [0, 0.05) is 4.75 Å². The van der Waals surface area contributed by atoms with Crippen LogP contribution in [0.3, 0.4) is 0 Å². The lowest BCUT2D eigenvalue weighted by Gasteiger charge is -2.27. The molecule has 0 radical (unpaired) electrons. The summed E-state index contributed by atoms with van der Waals surface area (Å²) in [4.78, 5) is 0. The van der Waals surface area contributed by atoms with Gasteiger partial charge in [0.25, 0.3) is 0 Å². The van der Waals surface area contributed by atoms with Gasteiger partial charge >= 0.3 is 0 Å². The van der Waals surface area contributed by atoms with E-state index in [9.17, 15) is 5.11 Å². The monoisotopic (exact) mass is 208 g/mol. The molecule has 1 saturated carbocycles. The molecule has 0 saturated heterocycles. The SMILES string of the molecule is CSC1(c2ccc(O)cc2)CCCC1. The molecule has 0 spiro atoms. The van der Waals surface area contributed by atoms with Crippen molar-refractivity contribution in [1.29, 1.82) is 0 Å². The minimum absolute atomic E-state index is 0.327. The molecule has 0 aromatic heterocycles. The fourth-order valence-corrected chi connectivity index (χ4v) is 3.39. The smallest absolute Gasteiger partial charge is 0.115 e. The average molecular weight is 208 g/mol. The number of thioether (sulfide) groups is 1. The first kappa shape index (κ1) is 9.91. The Balaban J connectivity index is 2.31. The highest BCUT2D eigenvalue weighted by atomic mass is 32.2. The van der Waals surface area contributed by atoms with Crippen molar-refractivity contribution in [2.45, 2.75) is 30.4 Å².